The van der Waals surface area contributed by atoms with E-state index in [1.807, 2.05) is 19.1 Å². The van der Waals surface area contributed by atoms with Gasteiger partial charge in [-0.05, 0) is 51.7 Å². The number of benzene rings is 1. The number of rotatable bonds is 4. The van der Waals surface area contributed by atoms with Crippen LogP contribution in [0.1, 0.15) is 42.7 Å². The lowest BCUT2D eigenvalue weighted by molar-refractivity contribution is -0.0240. The van der Waals surface area contributed by atoms with E-state index in [9.17, 15) is 5.11 Å². The van der Waals surface area contributed by atoms with Gasteiger partial charge in [0.15, 0.2) is 0 Å². The van der Waals surface area contributed by atoms with Crippen LogP contribution in [0, 0.1) is 13.8 Å². The van der Waals surface area contributed by atoms with Crippen LogP contribution in [0.25, 0.3) is 11.5 Å². The van der Waals surface area contributed by atoms with Gasteiger partial charge in [0.1, 0.15) is 11.5 Å². The number of nitrogens with zero attached hydrogens (tertiary/aromatic N) is 1. The monoisotopic (exact) mass is 301 g/mol. The van der Waals surface area contributed by atoms with Crippen LogP contribution >= 0.6 is 0 Å². The van der Waals surface area contributed by atoms with E-state index in [0.717, 1.165) is 42.7 Å². The van der Waals surface area contributed by atoms with Gasteiger partial charge in [0.2, 0.25) is 5.89 Å². The molecule has 0 aliphatic heterocycles. The summed E-state index contributed by atoms with van der Waals surface area (Å²) >= 11 is 0. The largest absolute Gasteiger partial charge is 0.441 e. The summed E-state index contributed by atoms with van der Waals surface area (Å²) in [7, 11) is 0. The maximum Gasteiger partial charge on any atom is 0.226 e. The number of aliphatic hydroxyl groups is 1. The van der Waals surface area contributed by atoms with Gasteiger partial charge < -0.3 is 14.3 Å². The highest BCUT2D eigenvalue weighted by Crippen LogP contribution is 2.25. The van der Waals surface area contributed by atoms with Gasteiger partial charge in [0.25, 0.3) is 0 Å². The molecule has 22 heavy (non-hydrogen) atoms. The molecule has 1 saturated carbocycles. The fraction of sp³-hybridized carbons (Fsp3) is 0.500. The van der Waals surface area contributed by atoms with Crippen molar-refractivity contribution in [2.75, 3.05) is 0 Å². The minimum atomic E-state index is -0.222. The molecular formula is C18H23NO3. The highest BCUT2D eigenvalue weighted by molar-refractivity contribution is 5.54. The third kappa shape index (κ3) is 3.57. The summed E-state index contributed by atoms with van der Waals surface area (Å²) in [6, 6.07) is 8.13. The van der Waals surface area contributed by atoms with Gasteiger partial charge in [-0.25, -0.2) is 4.98 Å². The second-order valence-electron chi connectivity index (χ2n) is 6.14. The summed E-state index contributed by atoms with van der Waals surface area (Å²) in [5.74, 6) is 1.44. The summed E-state index contributed by atoms with van der Waals surface area (Å²) in [6.45, 7) is 4.42. The predicted molar refractivity (Wildman–Crippen MR) is 84.5 cm³/mol. The third-order valence-electron chi connectivity index (χ3n) is 4.25. The quantitative estimate of drug-likeness (QED) is 0.933. The minimum absolute atomic E-state index is 0.127. The zero-order valence-electron chi connectivity index (χ0n) is 13.2. The first-order valence-corrected chi connectivity index (χ1v) is 7.95. The first-order chi connectivity index (χ1) is 10.6. The number of aryl methyl sites for hydroxylation is 2. The molecule has 3 rings (SSSR count). The van der Waals surface area contributed by atoms with Crippen molar-refractivity contribution in [1.82, 2.24) is 4.98 Å². The number of aliphatic hydroxyl groups excluding tert-OH is 1. The van der Waals surface area contributed by atoms with Crippen LogP contribution in [0.3, 0.4) is 0 Å². The van der Waals surface area contributed by atoms with E-state index < -0.39 is 0 Å². The average Bonchev–Trinajstić information content (AvgIpc) is 2.87. The van der Waals surface area contributed by atoms with Gasteiger partial charge >= 0.3 is 0 Å². The average molecular weight is 301 g/mol. The van der Waals surface area contributed by atoms with E-state index in [2.05, 4.69) is 24.0 Å². The lowest BCUT2D eigenvalue weighted by Crippen LogP contribution is -2.25. The number of aromatic nitrogens is 1. The van der Waals surface area contributed by atoms with Crippen LogP contribution in [0.2, 0.25) is 0 Å². The van der Waals surface area contributed by atoms with E-state index in [1.54, 1.807) is 0 Å². The van der Waals surface area contributed by atoms with Crippen LogP contribution in [-0.2, 0) is 11.3 Å². The molecule has 0 bridgehead atoms. The number of oxazole rings is 1. The van der Waals surface area contributed by atoms with Gasteiger partial charge in [-0.2, -0.15) is 0 Å². The first-order valence-electron chi connectivity index (χ1n) is 7.95. The topological polar surface area (TPSA) is 55.5 Å². The summed E-state index contributed by atoms with van der Waals surface area (Å²) in [6.07, 6.45) is 3.56. The summed E-state index contributed by atoms with van der Waals surface area (Å²) < 4.78 is 11.7. The molecular weight excluding hydrogens is 278 g/mol. The molecule has 2 atom stereocenters. The van der Waals surface area contributed by atoms with Crippen LogP contribution in [-0.4, -0.2) is 22.3 Å². The fourth-order valence-corrected chi connectivity index (χ4v) is 2.85. The second kappa shape index (κ2) is 6.63. The molecule has 0 amide bonds. The maximum absolute atomic E-state index is 9.69. The highest BCUT2D eigenvalue weighted by atomic mass is 16.5. The molecule has 0 radical (unpaired) electrons. The van der Waals surface area contributed by atoms with Crippen molar-refractivity contribution in [3.05, 3.63) is 41.3 Å². The van der Waals surface area contributed by atoms with Crippen molar-refractivity contribution in [3.8, 4) is 11.5 Å². The Kier molecular flexibility index (Phi) is 4.60. The number of hydrogen-bond acceptors (Lipinski definition) is 4. The second-order valence-corrected chi connectivity index (χ2v) is 6.14. The lowest BCUT2D eigenvalue weighted by atomic mass is 9.95. The lowest BCUT2D eigenvalue weighted by Gasteiger charge is -2.25. The van der Waals surface area contributed by atoms with Crippen molar-refractivity contribution in [1.29, 1.82) is 0 Å². The van der Waals surface area contributed by atoms with Crippen molar-refractivity contribution >= 4 is 0 Å². The van der Waals surface area contributed by atoms with E-state index in [-0.39, 0.29) is 12.2 Å². The molecule has 1 aromatic carbocycles. The fourth-order valence-electron chi connectivity index (χ4n) is 2.85. The molecule has 1 N–H and O–H groups in total. The SMILES string of the molecule is Cc1ccc(-c2nc(CO[C@H]3CCC[C@@H](O)C3)c(C)o2)cc1. The maximum atomic E-state index is 9.69. The van der Waals surface area contributed by atoms with E-state index in [4.69, 9.17) is 9.15 Å². The summed E-state index contributed by atoms with van der Waals surface area (Å²) in [4.78, 5) is 4.56. The third-order valence-corrected chi connectivity index (χ3v) is 4.25. The number of ether oxygens (including phenoxy) is 1. The van der Waals surface area contributed by atoms with E-state index >= 15 is 0 Å². The molecule has 4 heteroatoms. The highest BCUT2D eigenvalue weighted by Gasteiger charge is 2.21. The molecule has 1 aromatic heterocycles. The van der Waals surface area contributed by atoms with Crippen LogP contribution in [0.5, 0.6) is 0 Å². The molecule has 0 spiro atoms. The Labute approximate surface area is 131 Å². The zero-order chi connectivity index (χ0) is 15.5. The molecule has 1 aliphatic rings. The molecule has 1 heterocycles. The molecule has 4 nitrogen and oxygen atoms in total. The minimum Gasteiger partial charge on any atom is -0.441 e. The molecule has 118 valence electrons. The Balaban J connectivity index is 1.66. The van der Waals surface area contributed by atoms with Gasteiger partial charge in [-0.1, -0.05) is 17.7 Å². The number of hydrogen-bond donors (Lipinski definition) is 1. The van der Waals surface area contributed by atoms with Crippen molar-refractivity contribution < 1.29 is 14.3 Å². The van der Waals surface area contributed by atoms with Crippen molar-refractivity contribution in [2.45, 2.75) is 58.3 Å². The van der Waals surface area contributed by atoms with Gasteiger partial charge in [0, 0.05) is 5.56 Å². The van der Waals surface area contributed by atoms with E-state index in [0.29, 0.717) is 12.5 Å². The molecule has 0 saturated heterocycles. The van der Waals surface area contributed by atoms with E-state index in [1.165, 1.54) is 5.56 Å². The Hall–Kier alpha value is -1.65. The standard InChI is InChI=1S/C18H23NO3/c1-12-6-8-14(9-7-12)18-19-17(13(2)22-18)11-21-16-5-3-4-15(20)10-16/h6-9,15-16,20H,3-5,10-11H2,1-2H3/t15-,16+/m1/s1. The molecule has 1 fully saturated rings. The van der Waals surface area contributed by atoms with Crippen LogP contribution in [0.4, 0.5) is 0 Å². The zero-order valence-corrected chi connectivity index (χ0v) is 13.2. The summed E-state index contributed by atoms with van der Waals surface area (Å²) in [5.41, 5.74) is 3.04. The Bertz CT molecular complexity index is 618. The Morgan fingerprint density at radius 3 is 2.73 bits per heavy atom. The molecule has 2 aromatic rings. The Morgan fingerprint density at radius 2 is 2.00 bits per heavy atom. The van der Waals surface area contributed by atoms with Crippen LogP contribution in [0.15, 0.2) is 28.7 Å². The van der Waals surface area contributed by atoms with Gasteiger partial charge in [-0.3, -0.25) is 0 Å². The smallest absolute Gasteiger partial charge is 0.226 e. The van der Waals surface area contributed by atoms with Gasteiger partial charge in [-0.15, -0.1) is 0 Å². The molecule has 1 aliphatic carbocycles. The molecule has 0 unspecified atom stereocenters. The van der Waals surface area contributed by atoms with Crippen molar-refractivity contribution in [2.24, 2.45) is 0 Å². The first kappa shape index (κ1) is 15.3. The predicted octanol–water partition coefficient (Wildman–Crippen LogP) is 3.78. The normalized spacial score (nSPS) is 22.0. The van der Waals surface area contributed by atoms with Crippen LogP contribution < -0.4 is 0 Å². The van der Waals surface area contributed by atoms with Crippen molar-refractivity contribution in [3.63, 3.8) is 0 Å². The summed E-state index contributed by atoms with van der Waals surface area (Å²) in [5, 5.41) is 9.69. The Morgan fingerprint density at radius 1 is 1.23 bits per heavy atom. The van der Waals surface area contributed by atoms with Gasteiger partial charge in [0.05, 0.1) is 18.8 Å².